The Morgan fingerprint density at radius 2 is 1.91 bits per heavy atom. The van der Waals surface area contributed by atoms with Crippen LogP contribution in [0.1, 0.15) is 18.5 Å². The molecular weight excluding hydrogens is 300 g/mol. The van der Waals surface area contributed by atoms with Crippen molar-refractivity contribution in [2.45, 2.75) is 19.8 Å². The smallest absolute Gasteiger partial charge is 0.224 e. The van der Waals surface area contributed by atoms with Gasteiger partial charge in [0, 0.05) is 29.6 Å². The third kappa shape index (κ3) is 5.42. The number of benzene rings is 1. The molecule has 0 aliphatic carbocycles. The summed E-state index contributed by atoms with van der Waals surface area (Å²) >= 11 is 0. The highest BCUT2D eigenvalue weighted by atomic mass is 35.5. The zero-order chi connectivity index (χ0) is 15.1. The number of carbonyl (C=O) groups excluding carboxylic acids is 1. The van der Waals surface area contributed by atoms with Gasteiger partial charge < -0.3 is 10.6 Å². The highest BCUT2D eigenvalue weighted by Crippen LogP contribution is 2.18. The van der Waals surface area contributed by atoms with Gasteiger partial charge in [0.25, 0.3) is 0 Å². The van der Waals surface area contributed by atoms with Crippen LogP contribution in [-0.4, -0.2) is 29.5 Å². The fourth-order valence-corrected chi connectivity index (χ4v) is 1.94. The van der Waals surface area contributed by atoms with Crippen LogP contribution >= 0.6 is 12.4 Å². The van der Waals surface area contributed by atoms with E-state index >= 15 is 0 Å². The zero-order valence-electron chi connectivity index (χ0n) is 12.8. The van der Waals surface area contributed by atoms with E-state index in [1.807, 2.05) is 44.3 Å². The Hall–Kier alpha value is -1.98. The summed E-state index contributed by atoms with van der Waals surface area (Å²) in [4.78, 5) is 20.3. The van der Waals surface area contributed by atoms with E-state index in [1.54, 1.807) is 6.20 Å². The highest BCUT2D eigenvalue weighted by molar-refractivity contribution is 5.90. The fourth-order valence-electron chi connectivity index (χ4n) is 1.94. The Labute approximate surface area is 137 Å². The fraction of sp³-hybridized carbons (Fsp3) is 0.312. The highest BCUT2D eigenvalue weighted by Gasteiger charge is 2.04. The van der Waals surface area contributed by atoms with Gasteiger partial charge in [-0.1, -0.05) is 0 Å². The van der Waals surface area contributed by atoms with Crippen LogP contribution in [0.25, 0.3) is 11.4 Å². The summed E-state index contributed by atoms with van der Waals surface area (Å²) in [6.07, 6.45) is 3.09. The molecule has 2 rings (SSSR count). The molecule has 0 atom stereocenters. The number of carbonyl (C=O) groups is 1. The van der Waals surface area contributed by atoms with Crippen LogP contribution in [0.4, 0.5) is 5.69 Å². The van der Waals surface area contributed by atoms with Crippen molar-refractivity contribution < 1.29 is 4.79 Å². The van der Waals surface area contributed by atoms with Crippen molar-refractivity contribution in [1.29, 1.82) is 0 Å². The lowest BCUT2D eigenvalue weighted by atomic mass is 10.2. The number of nitrogens with one attached hydrogen (secondary N) is 2. The number of amides is 1. The first-order valence-electron chi connectivity index (χ1n) is 7.03. The Morgan fingerprint density at radius 1 is 1.18 bits per heavy atom. The first-order chi connectivity index (χ1) is 10.2. The van der Waals surface area contributed by atoms with Crippen LogP contribution in [0.2, 0.25) is 0 Å². The number of halogens is 1. The Balaban J connectivity index is 0.00000242. The Bertz CT molecular complexity index is 601. The molecule has 0 bridgehead atoms. The van der Waals surface area contributed by atoms with Gasteiger partial charge in [0.1, 0.15) is 0 Å². The van der Waals surface area contributed by atoms with Gasteiger partial charge in [-0.15, -0.1) is 12.4 Å². The van der Waals surface area contributed by atoms with Gasteiger partial charge in [-0.3, -0.25) is 4.79 Å². The van der Waals surface area contributed by atoms with E-state index in [-0.39, 0.29) is 18.3 Å². The summed E-state index contributed by atoms with van der Waals surface area (Å²) in [6.45, 7) is 2.78. The molecule has 22 heavy (non-hydrogen) atoms. The van der Waals surface area contributed by atoms with Gasteiger partial charge in [0.05, 0.1) is 0 Å². The summed E-state index contributed by atoms with van der Waals surface area (Å²) in [7, 11) is 1.88. The molecule has 0 spiro atoms. The molecule has 0 saturated heterocycles. The molecule has 1 heterocycles. The van der Waals surface area contributed by atoms with Crippen molar-refractivity contribution in [2.24, 2.45) is 0 Å². The summed E-state index contributed by atoms with van der Waals surface area (Å²) in [5.74, 6) is 0.728. The van der Waals surface area contributed by atoms with Crippen LogP contribution in [0.3, 0.4) is 0 Å². The molecule has 118 valence electrons. The van der Waals surface area contributed by atoms with E-state index < -0.39 is 0 Å². The van der Waals surface area contributed by atoms with Gasteiger partial charge >= 0.3 is 0 Å². The number of hydrogen-bond acceptors (Lipinski definition) is 4. The summed E-state index contributed by atoms with van der Waals surface area (Å²) in [5, 5.41) is 5.91. The average Bonchev–Trinajstić information content (AvgIpc) is 2.48. The lowest BCUT2D eigenvalue weighted by Gasteiger charge is -2.06. The molecule has 0 fully saturated rings. The van der Waals surface area contributed by atoms with Crippen LogP contribution in [0, 0.1) is 6.92 Å². The molecule has 1 amide bonds. The predicted octanol–water partition coefficient (Wildman–Crippen LogP) is 2.81. The summed E-state index contributed by atoms with van der Waals surface area (Å²) in [5.41, 5.74) is 2.66. The first kappa shape index (κ1) is 18.1. The lowest BCUT2D eigenvalue weighted by Crippen LogP contribution is -2.15. The number of rotatable bonds is 6. The van der Waals surface area contributed by atoms with Crippen LogP contribution in [0.15, 0.2) is 36.5 Å². The SMILES string of the molecule is CNCCCC(=O)Nc1ccc(-c2nccc(C)n2)cc1.Cl. The maximum absolute atomic E-state index is 11.7. The van der Waals surface area contributed by atoms with E-state index in [2.05, 4.69) is 20.6 Å². The van der Waals surface area contributed by atoms with Crippen molar-refractivity contribution >= 4 is 24.0 Å². The molecule has 6 heteroatoms. The van der Waals surface area contributed by atoms with E-state index in [0.29, 0.717) is 12.2 Å². The van der Waals surface area contributed by atoms with Crippen LogP contribution in [0.5, 0.6) is 0 Å². The second-order valence-electron chi connectivity index (χ2n) is 4.85. The van der Waals surface area contributed by atoms with Crippen molar-refractivity contribution in [3.63, 3.8) is 0 Å². The minimum atomic E-state index is 0. The zero-order valence-corrected chi connectivity index (χ0v) is 13.6. The van der Waals surface area contributed by atoms with E-state index in [9.17, 15) is 4.79 Å². The number of nitrogens with zero attached hydrogens (tertiary/aromatic N) is 2. The standard InChI is InChI=1S/C16H20N4O.ClH/c1-12-9-11-18-16(19-12)13-5-7-14(8-6-13)20-15(21)4-3-10-17-2;/h5-9,11,17H,3-4,10H2,1-2H3,(H,20,21);1H. The summed E-state index contributed by atoms with van der Waals surface area (Å²) < 4.78 is 0. The van der Waals surface area contributed by atoms with Gasteiger partial charge in [-0.2, -0.15) is 0 Å². The van der Waals surface area contributed by atoms with Crippen molar-refractivity contribution in [1.82, 2.24) is 15.3 Å². The summed E-state index contributed by atoms with van der Waals surface area (Å²) in [6, 6.07) is 9.44. The number of anilines is 1. The molecule has 5 nitrogen and oxygen atoms in total. The van der Waals surface area contributed by atoms with Gasteiger partial charge in [-0.25, -0.2) is 9.97 Å². The number of aryl methyl sites for hydroxylation is 1. The quantitative estimate of drug-likeness (QED) is 0.803. The minimum absolute atomic E-state index is 0. The molecule has 0 saturated carbocycles. The van der Waals surface area contributed by atoms with Gasteiger partial charge in [0.2, 0.25) is 5.91 Å². The number of hydrogen-bond donors (Lipinski definition) is 2. The maximum Gasteiger partial charge on any atom is 0.224 e. The minimum Gasteiger partial charge on any atom is -0.326 e. The molecule has 2 N–H and O–H groups in total. The topological polar surface area (TPSA) is 66.9 Å². The molecule has 0 aliphatic rings. The second kappa shape index (κ2) is 9.12. The molecule has 0 radical (unpaired) electrons. The van der Waals surface area contributed by atoms with Crippen LogP contribution in [-0.2, 0) is 4.79 Å². The average molecular weight is 321 g/mol. The van der Waals surface area contributed by atoms with E-state index in [0.717, 1.165) is 29.9 Å². The first-order valence-corrected chi connectivity index (χ1v) is 7.03. The molecule has 0 aliphatic heterocycles. The third-order valence-electron chi connectivity index (χ3n) is 3.05. The van der Waals surface area contributed by atoms with Crippen molar-refractivity contribution in [3.8, 4) is 11.4 Å². The predicted molar refractivity (Wildman–Crippen MR) is 91.2 cm³/mol. The lowest BCUT2D eigenvalue weighted by molar-refractivity contribution is -0.116. The normalized spacial score (nSPS) is 9.91. The van der Waals surface area contributed by atoms with Gasteiger partial charge in [0.15, 0.2) is 5.82 Å². The number of aromatic nitrogens is 2. The Morgan fingerprint density at radius 3 is 2.55 bits per heavy atom. The largest absolute Gasteiger partial charge is 0.326 e. The van der Waals surface area contributed by atoms with Crippen molar-refractivity contribution in [3.05, 3.63) is 42.2 Å². The molecule has 1 aromatic heterocycles. The van der Waals surface area contributed by atoms with E-state index in [4.69, 9.17) is 0 Å². The van der Waals surface area contributed by atoms with E-state index in [1.165, 1.54) is 0 Å². The molecule has 2 aromatic rings. The molecular formula is C16H21ClN4O. The monoisotopic (exact) mass is 320 g/mol. The second-order valence-corrected chi connectivity index (χ2v) is 4.85. The molecule has 1 aromatic carbocycles. The molecule has 0 unspecified atom stereocenters. The van der Waals surface area contributed by atoms with Crippen LogP contribution < -0.4 is 10.6 Å². The van der Waals surface area contributed by atoms with Gasteiger partial charge in [-0.05, 0) is 57.3 Å². The Kier molecular flexibility index (Phi) is 7.49. The third-order valence-corrected chi connectivity index (χ3v) is 3.05. The van der Waals surface area contributed by atoms with Crippen molar-refractivity contribution in [2.75, 3.05) is 18.9 Å². The maximum atomic E-state index is 11.7.